The SMILES string of the molecule is CCOC(CN(CCc1ccccc1)C(=O)Nc1ccccc1C#N)OCC. The van der Waals surface area contributed by atoms with E-state index >= 15 is 0 Å². The van der Waals surface area contributed by atoms with Crippen LogP contribution < -0.4 is 5.32 Å². The second-order valence-electron chi connectivity index (χ2n) is 6.11. The van der Waals surface area contributed by atoms with Gasteiger partial charge in [0.25, 0.3) is 0 Å². The predicted octanol–water partition coefficient (Wildman–Crippen LogP) is 4.03. The standard InChI is InChI=1S/C22H27N3O3/c1-3-27-21(28-4-2)17-25(15-14-18-10-6-5-7-11-18)22(26)24-20-13-9-8-12-19(20)16-23/h5-13,21H,3-4,14-15,17H2,1-2H3,(H,24,26). The maximum atomic E-state index is 12.9. The average Bonchev–Trinajstić information content (AvgIpc) is 2.72. The molecule has 28 heavy (non-hydrogen) atoms. The second kappa shape index (κ2) is 11.8. The van der Waals surface area contributed by atoms with Gasteiger partial charge in [0.15, 0.2) is 6.29 Å². The summed E-state index contributed by atoms with van der Waals surface area (Å²) in [5, 5.41) is 12.1. The molecule has 6 nitrogen and oxygen atoms in total. The lowest BCUT2D eigenvalue weighted by Crippen LogP contribution is -2.43. The second-order valence-corrected chi connectivity index (χ2v) is 6.11. The van der Waals surface area contributed by atoms with E-state index in [4.69, 9.17) is 9.47 Å². The number of hydrogen-bond acceptors (Lipinski definition) is 4. The Hall–Kier alpha value is -2.88. The first kappa shape index (κ1) is 21.4. The molecule has 0 saturated carbocycles. The van der Waals surface area contributed by atoms with E-state index in [1.54, 1.807) is 29.2 Å². The fourth-order valence-electron chi connectivity index (χ4n) is 2.77. The molecule has 0 fully saturated rings. The topological polar surface area (TPSA) is 74.6 Å². The summed E-state index contributed by atoms with van der Waals surface area (Å²) in [6.45, 7) is 5.58. The molecule has 0 radical (unpaired) electrons. The molecule has 2 amide bonds. The van der Waals surface area contributed by atoms with Gasteiger partial charge in [-0.25, -0.2) is 4.79 Å². The summed E-state index contributed by atoms with van der Waals surface area (Å²) in [5.41, 5.74) is 2.05. The molecule has 2 rings (SSSR count). The van der Waals surface area contributed by atoms with Gasteiger partial charge in [-0.05, 0) is 38.0 Å². The number of amides is 2. The van der Waals surface area contributed by atoms with Crippen molar-refractivity contribution < 1.29 is 14.3 Å². The Labute approximate surface area is 166 Å². The number of benzene rings is 2. The number of carbonyl (C=O) groups excluding carboxylic acids is 1. The molecule has 0 bridgehead atoms. The number of carbonyl (C=O) groups is 1. The maximum absolute atomic E-state index is 12.9. The Morgan fingerprint density at radius 3 is 2.36 bits per heavy atom. The molecular formula is C22H27N3O3. The van der Waals surface area contributed by atoms with Gasteiger partial charge >= 0.3 is 6.03 Å². The number of anilines is 1. The summed E-state index contributed by atoms with van der Waals surface area (Å²) < 4.78 is 11.2. The maximum Gasteiger partial charge on any atom is 0.322 e. The third kappa shape index (κ3) is 6.69. The van der Waals surface area contributed by atoms with Crippen LogP contribution in [0.2, 0.25) is 0 Å². The van der Waals surface area contributed by atoms with E-state index in [2.05, 4.69) is 11.4 Å². The first-order chi connectivity index (χ1) is 13.7. The number of nitrogens with zero attached hydrogens (tertiary/aromatic N) is 2. The van der Waals surface area contributed by atoms with Gasteiger partial charge in [-0.3, -0.25) is 0 Å². The smallest absolute Gasteiger partial charge is 0.322 e. The van der Waals surface area contributed by atoms with Crippen LogP contribution in [0, 0.1) is 11.3 Å². The fourth-order valence-corrected chi connectivity index (χ4v) is 2.77. The third-order valence-corrected chi connectivity index (χ3v) is 4.16. The summed E-state index contributed by atoms with van der Waals surface area (Å²) >= 11 is 0. The summed E-state index contributed by atoms with van der Waals surface area (Å²) in [6, 6.07) is 18.7. The van der Waals surface area contributed by atoms with Crippen LogP contribution in [0.3, 0.4) is 0 Å². The van der Waals surface area contributed by atoms with Gasteiger partial charge in [-0.15, -0.1) is 0 Å². The lowest BCUT2D eigenvalue weighted by Gasteiger charge is -2.28. The van der Waals surface area contributed by atoms with Crippen LogP contribution in [0.15, 0.2) is 54.6 Å². The summed E-state index contributed by atoms with van der Waals surface area (Å²) in [5.74, 6) is 0. The Bertz CT molecular complexity index is 768. The van der Waals surface area contributed by atoms with Crippen molar-refractivity contribution in [3.05, 3.63) is 65.7 Å². The number of hydrogen-bond donors (Lipinski definition) is 1. The van der Waals surface area contributed by atoms with E-state index in [0.717, 1.165) is 5.56 Å². The van der Waals surface area contributed by atoms with Gasteiger partial charge in [0.05, 0.1) is 17.8 Å². The highest BCUT2D eigenvalue weighted by Gasteiger charge is 2.20. The minimum absolute atomic E-state index is 0.289. The summed E-state index contributed by atoms with van der Waals surface area (Å²) in [6.07, 6.45) is 0.210. The van der Waals surface area contributed by atoms with Crippen LogP contribution in [-0.2, 0) is 15.9 Å². The number of para-hydroxylation sites is 1. The molecule has 2 aromatic carbocycles. The molecule has 0 atom stereocenters. The van der Waals surface area contributed by atoms with Crippen molar-refractivity contribution in [3.8, 4) is 6.07 Å². The molecule has 0 saturated heterocycles. The molecule has 0 aliphatic rings. The molecule has 0 aliphatic carbocycles. The number of urea groups is 1. The Morgan fingerprint density at radius 1 is 1.07 bits per heavy atom. The molecule has 2 aromatic rings. The van der Waals surface area contributed by atoms with Crippen molar-refractivity contribution in [2.45, 2.75) is 26.6 Å². The van der Waals surface area contributed by atoms with E-state index in [0.29, 0.717) is 44.0 Å². The quantitative estimate of drug-likeness (QED) is 0.631. The van der Waals surface area contributed by atoms with Crippen LogP contribution in [0.5, 0.6) is 0 Å². The molecule has 0 aromatic heterocycles. The minimum atomic E-state index is -0.497. The fraction of sp³-hybridized carbons (Fsp3) is 0.364. The van der Waals surface area contributed by atoms with Gasteiger partial charge in [-0.1, -0.05) is 42.5 Å². The molecular weight excluding hydrogens is 354 g/mol. The van der Waals surface area contributed by atoms with E-state index in [1.165, 1.54) is 0 Å². The van der Waals surface area contributed by atoms with Gasteiger partial charge in [0, 0.05) is 19.8 Å². The van der Waals surface area contributed by atoms with Crippen molar-refractivity contribution in [2.75, 3.05) is 31.6 Å². The largest absolute Gasteiger partial charge is 0.351 e. The van der Waals surface area contributed by atoms with Crippen molar-refractivity contribution in [3.63, 3.8) is 0 Å². The highest BCUT2D eigenvalue weighted by Crippen LogP contribution is 2.15. The van der Waals surface area contributed by atoms with Crippen molar-refractivity contribution in [2.24, 2.45) is 0 Å². The van der Waals surface area contributed by atoms with Crippen molar-refractivity contribution in [1.82, 2.24) is 4.90 Å². The zero-order chi connectivity index (χ0) is 20.2. The average molecular weight is 381 g/mol. The highest BCUT2D eigenvalue weighted by atomic mass is 16.7. The van der Waals surface area contributed by atoms with Crippen LogP contribution in [-0.4, -0.2) is 43.5 Å². The monoisotopic (exact) mass is 381 g/mol. The van der Waals surface area contributed by atoms with E-state index in [1.807, 2.05) is 44.2 Å². The van der Waals surface area contributed by atoms with Crippen LogP contribution in [0.25, 0.3) is 0 Å². The third-order valence-electron chi connectivity index (χ3n) is 4.16. The normalized spacial score (nSPS) is 10.5. The molecule has 0 unspecified atom stereocenters. The number of ether oxygens (including phenoxy) is 2. The molecule has 1 N–H and O–H groups in total. The Kier molecular flexibility index (Phi) is 8.99. The van der Waals surface area contributed by atoms with E-state index in [9.17, 15) is 10.1 Å². The molecule has 0 heterocycles. The predicted molar refractivity (Wildman–Crippen MR) is 109 cm³/mol. The van der Waals surface area contributed by atoms with Crippen LogP contribution in [0.4, 0.5) is 10.5 Å². The Balaban J connectivity index is 2.12. The van der Waals surface area contributed by atoms with Crippen LogP contribution >= 0.6 is 0 Å². The van der Waals surface area contributed by atoms with Crippen molar-refractivity contribution in [1.29, 1.82) is 5.26 Å². The molecule has 6 heteroatoms. The molecule has 0 aliphatic heterocycles. The van der Waals surface area contributed by atoms with Crippen molar-refractivity contribution >= 4 is 11.7 Å². The molecule has 148 valence electrons. The molecule has 0 spiro atoms. The number of nitrogens with one attached hydrogen (secondary N) is 1. The first-order valence-corrected chi connectivity index (χ1v) is 9.50. The van der Waals surface area contributed by atoms with Gasteiger partial charge in [-0.2, -0.15) is 5.26 Å². The van der Waals surface area contributed by atoms with Crippen LogP contribution in [0.1, 0.15) is 25.0 Å². The zero-order valence-electron chi connectivity index (χ0n) is 16.4. The zero-order valence-corrected chi connectivity index (χ0v) is 16.4. The highest BCUT2D eigenvalue weighted by molar-refractivity contribution is 5.90. The number of nitriles is 1. The Morgan fingerprint density at radius 2 is 1.71 bits per heavy atom. The first-order valence-electron chi connectivity index (χ1n) is 9.50. The number of rotatable bonds is 10. The van der Waals surface area contributed by atoms with E-state index in [-0.39, 0.29) is 6.03 Å². The van der Waals surface area contributed by atoms with Gasteiger partial charge in [0.1, 0.15) is 6.07 Å². The summed E-state index contributed by atoms with van der Waals surface area (Å²) in [4.78, 5) is 14.6. The van der Waals surface area contributed by atoms with Gasteiger partial charge in [0.2, 0.25) is 0 Å². The minimum Gasteiger partial charge on any atom is -0.351 e. The van der Waals surface area contributed by atoms with Gasteiger partial charge < -0.3 is 19.7 Å². The lowest BCUT2D eigenvalue weighted by atomic mass is 10.1. The summed E-state index contributed by atoms with van der Waals surface area (Å²) in [7, 11) is 0. The van der Waals surface area contributed by atoms with E-state index < -0.39 is 6.29 Å². The lowest BCUT2D eigenvalue weighted by molar-refractivity contribution is -0.142.